The lowest BCUT2D eigenvalue weighted by atomic mass is 10.1. The highest BCUT2D eigenvalue weighted by molar-refractivity contribution is 5.95. The summed E-state index contributed by atoms with van der Waals surface area (Å²) < 4.78 is 2.00. The molecule has 0 amide bonds. The number of imidazole rings is 1. The van der Waals surface area contributed by atoms with Crippen LogP contribution >= 0.6 is 0 Å². The summed E-state index contributed by atoms with van der Waals surface area (Å²) >= 11 is 0. The first-order valence-corrected chi connectivity index (χ1v) is 9.28. The molecule has 2 aromatic carbocycles. The molecular formula is C21H25N5O2. The number of carboxylic acids is 1. The van der Waals surface area contributed by atoms with Crippen molar-refractivity contribution in [3.63, 3.8) is 0 Å². The Morgan fingerprint density at radius 3 is 2.50 bits per heavy atom. The number of amidine groups is 1. The quantitative estimate of drug-likeness (QED) is 0.411. The minimum atomic E-state index is -0.954. The molecular weight excluding hydrogens is 354 g/mol. The fourth-order valence-corrected chi connectivity index (χ4v) is 3.20. The van der Waals surface area contributed by atoms with E-state index >= 15 is 0 Å². The van der Waals surface area contributed by atoms with E-state index < -0.39 is 5.97 Å². The highest BCUT2D eigenvalue weighted by Crippen LogP contribution is 2.22. The van der Waals surface area contributed by atoms with E-state index in [0.29, 0.717) is 17.6 Å². The first-order chi connectivity index (χ1) is 13.4. The van der Waals surface area contributed by atoms with Gasteiger partial charge in [0.15, 0.2) is 0 Å². The van der Waals surface area contributed by atoms with E-state index in [1.165, 1.54) is 0 Å². The van der Waals surface area contributed by atoms with E-state index in [2.05, 4.69) is 16.8 Å². The van der Waals surface area contributed by atoms with Crippen molar-refractivity contribution >= 4 is 28.5 Å². The molecule has 1 aromatic heterocycles. The van der Waals surface area contributed by atoms with Crippen LogP contribution in [0.3, 0.4) is 0 Å². The summed E-state index contributed by atoms with van der Waals surface area (Å²) in [5.74, 6) is -0.0373. The molecule has 0 aliphatic carbocycles. The summed E-state index contributed by atoms with van der Waals surface area (Å²) in [4.78, 5) is 18.1. The second-order valence-corrected chi connectivity index (χ2v) is 6.83. The normalized spacial score (nSPS) is 10.9. The van der Waals surface area contributed by atoms with Crippen LogP contribution in [0.5, 0.6) is 0 Å². The Kier molecular flexibility index (Phi) is 5.63. The van der Waals surface area contributed by atoms with Gasteiger partial charge < -0.3 is 20.3 Å². The van der Waals surface area contributed by atoms with Crippen LogP contribution in [0, 0.1) is 5.41 Å². The zero-order valence-corrected chi connectivity index (χ0v) is 16.1. The number of aryl methyl sites for hydroxylation is 1. The monoisotopic (exact) mass is 379 g/mol. The van der Waals surface area contributed by atoms with Gasteiger partial charge in [0.25, 0.3) is 0 Å². The van der Waals surface area contributed by atoms with E-state index in [1.54, 1.807) is 18.2 Å². The Morgan fingerprint density at radius 2 is 1.89 bits per heavy atom. The molecule has 3 rings (SSSR count). The maximum absolute atomic E-state index is 11.2. The molecule has 146 valence electrons. The van der Waals surface area contributed by atoms with E-state index in [0.717, 1.165) is 36.4 Å². The number of hydrogen-bond acceptors (Lipinski definition) is 4. The van der Waals surface area contributed by atoms with Gasteiger partial charge in [0.05, 0.1) is 23.1 Å². The minimum Gasteiger partial charge on any atom is -0.478 e. The number of aromatic nitrogens is 2. The summed E-state index contributed by atoms with van der Waals surface area (Å²) in [6, 6.07) is 12.7. The second-order valence-electron chi connectivity index (χ2n) is 6.83. The van der Waals surface area contributed by atoms with Gasteiger partial charge in [0.2, 0.25) is 0 Å². The van der Waals surface area contributed by atoms with E-state index in [1.807, 2.05) is 35.9 Å². The van der Waals surface area contributed by atoms with Gasteiger partial charge in [-0.1, -0.05) is 13.3 Å². The van der Waals surface area contributed by atoms with Crippen LogP contribution in [0.1, 0.15) is 41.5 Å². The van der Waals surface area contributed by atoms with Crippen molar-refractivity contribution in [2.75, 3.05) is 11.4 Å². The number of nitrogens with zero attached hydrogens (tertiary/aromatic N) is 3. The number of carbonyl (C=O) groups is 1. The van der Waals surface area contributed by atoms with E-state index in [4.69, 9.17) is 11.1 Å². The van der Waals surface area contributed by atoms with E-state index in [-0.39, 0.29) is 11.4 Å². The Labute approximate surface area is 163 Å². The number of anilines is 1. The Bertz CT molecular complexity index is 1010. The fourth-order valence-electron chi connectivity index (χ4n) is 3.20. The predicted octanol–water partition coefficient (Wildman–Crippen LogP) is 3.36. The Hall–Kier alpha value is -3.35. The topological polar surface area (TPSA) is 108 Å². The highest BCUT2D eigenvalue weighted by atomic mass is 16.4. The van der Waals surface area contributed by atoms with Gasteiger partial charge in [0, 0.05) is 24.8 Å². The van der Waals surface area contributed by atoms with Crippen LogP contribution in [0.4, 0.5) is 5.69 Å². The Balaban J connectivity index is 1.92. The first kappa shape index (κ1) is 19.4. The molecule has 0 radical (unpaired) electrons. The molecule has 0 unspecified atom stereocenters. The average Bonchev–Trinajstić information content (AvgIpc) is 3.00. The number of hydrogen-bond donors (Lipinski definition) is 3. The number of nitrogens with two attached hydrogens (primary N) is 1. The zero-order valence-electron chi connectivity index (χ0n) is 16.1. The number of fused-ring (bicyclic) bond motifs is 1. The third kappa shape index (κ3) is 3.98. The number of nitrogen functional groups attached to an aromatic ring is 1. The summed E-state index contributed by atoms with van der Waals surface area (Å²) in [5, 5.41) is 16.8. The number of aromatic carboxylic acids is 1. The number of carboxylic acid groups (broad SMARTS) is 1. The van der Waals surface area contributed by atoms with Crippen LogP contribution in [-0.2, 0) is 13.6 Å². The first-order valence-electron chi connectivity index (χ1n) is 9.28. The maximum Gasteiger partial charge on any atom is 0.335 e. The van der Waals surface area contributed by atoms with Crippen molar-refractivity contribution in [2.45, 2.75) is 26.3 Å². The van der Waals surface area contributed by atoms with Crippen molar-refractivity contribution in [2.24, 2.45) is 12.8 Å². The average molecular weight is 379 g/mol. The standard InChI is InChI=1S/C21H25N5O2/c1-3-4-11-26(16-8-5-14(6-9-16)20(22)23)13-19-24-17-12-15(21(27)28)7-10-18(17)25(19)2/h5-10,12H,3-4,11,13H2,1-2H3,(H3,22,23)(H,27,28). The van der Waals surface area contributed by atoms with Gasteiger partial charge in [-0.2, -0.15) is 0 Å². The van der Waals surface area contributed by atoms with Crippen molar-refractivity contribution < 1.29 is 9.90 Å². The molecule has 7 nitrogen and oxygen atoms in total. The molecule has 28 heavy (non-hydrogen) atoms. The van der Waals surface area contributed by atoms with Gasteiger partial charge in [-0.05, 0) is 48.9 Å². The predicted molar refractivity (Wildman–Crippen MR) is 111 cm³/mol. The van der Waals surface area contributed by atoms with Gasteiger partial charge in [-0.25, -0.2) is 9.78 Å². The zero-order chi connectivity index (χ0) is 20.3. The highest BCUT2D eigenvalue weighted by Gasteiger charge is 2.15. The lowest BCUT2D eigenvalue weighted by molar-refractivity contribution is 0.0697. The summed E-state index contributed by atoms with van der Waals surface area (Å²) in [6.07, 6.45) is 2.12. The van der Waals surface area contributed by atoms with Crippen LogP contribution in [0.25, 0.3) is 11.0 Å². The molecule has 0 aliphatic heterocycles. The van der Waals surface area contributed by atoms with Crippen molar-refractivity contribution in [1.29, 1.82) is 5.41 Å². The van der Waals surface area contributed by atoms with Gasteiger partial charge in [0.1, 0.15) is 11.7 Å². The van der Waals surface area contributed by atoms with Gasteiger partial charge >= 0.3 is 5.97 Å². The molecule has 0 spiro atoms. The van der Waals surface area contributed by atoms with Crippen LogP contribution in [-0.4, -0.2) is 33.0 Å². The minimum absolute atomic E-state index is 0.0521. The lowest BCUT2D eigenvalue weighted by Crippen LogP contribution is -2.25. The largest absolute Gasteiger partial charge is 0.478 e. The van der Waals surface area contributed by atoms with Crippen molar-refractivity contribution in [3.05, 3.63) is 59.4 Å². The molecule has 0 bridgehead atoms. The van der Waals surface area contributed by atoms with Crippen molar-refractivity contribution in [1.82, 2.24) is 9.55 Å². The molecule has 0 atom stereocenters. The Morgan fingerprint density at radius 1 is 1.21 bits per heavy atom. The molecule has 0 saturated heterocycles. The summed E-state index contributed by atoms with van der Waals surface area (Å²) in [5.41, 5.74) is 9.11. The van der Waals surface area contributed by atoms with Crippen molar-refractivity contribution in [3.8, 4) is 0 Å². The molecule has 0 fully saturated rings. The fraction of sp³-hybridized carbons (Fsp3) is 0.286. The van der Waals surface area contributed by atoms with Gasteiger partial charge in [-0.15, -0.1) is 0 Å². The number of nitrogens with one attached hydrogen (secondary N) is 1. The molecule has 3 aromatic rings. The molecule has 4 N–H and O–H groups in total. The van der Waals surface area contributed by atoms with Crippen LogP contribution < -0.4 is 10.6 Å². The second kappa shape index (κ2) is 8.12. The maximum atomic E-state index is 11.2. The van der Waals surface area contributed by atoms with Crippen LogP contribution in [0.2, 0.25) is 0 Å². The summed E-state index contributed by atoms with van der Waals surface area (Å²) in [6.45, 7) is 3.63. The molecule has 0 saturated carbocycles. The lowest BCUT2D eigenvalue weighted by Gasteiger charge is -2.24. The third-order valence-corrected chi connectivity index (χ3v) is 4.88. The number of benzene rings is 2. The molecule has 7 heteroatoms. The number of rotatable bonds is 8. The SMILES string of the molecule is CCCCN(Cc1nc2cc(C(=O)O)ccc2n1C)c1ccc(C(=N)N)cc1. The molecule has 0 aliphatic rings. The number of unbranched alkanes of at least 4 members (excludes halogenated alkanes) is 1. The van der Waals surface area contributed by atoms with E-state index in [9.17, 15) is 9.90 Å². The van der Waals surface area contributed by atoms with Gasteiger partial charge in [-0.3, -0.25) is 5.41 Å². The molecule has 1 heterocycles. The smallest absolute Gasteiger partial charge is 0.335 e. The third-order valence-electron chi connectivity index (χ3n) is 4.88. The van der Waals surface area contributed by atoms with Crippen LogP contribution in [0.15, 0.2) is 42.5 Å². The summed E-state index contributed by atoms with van der Waals surface area (Å²) in [7, 11) is 1.95.